The molecule has 0 saturated heterocycles. The highest BCUT2D eigenvalue weighted by Gasteiger charge is 2.01. The summed E-state index contributed by atoms with van der Waals surface area (Å²) in [5.41, 5.74) is 4.22. The number of anilines is 1. The van der Waals surface area contributed by atoms with Crippen molar-refractivity contribution in [2.75, 3.05) is 11.9 Å². The highest BCUT2D eigenvalue weighted by atomic mass is 16.5. The van der Waals surface area contributed by atoms with Gasteiger partial charge in [0.1, 0.15) is 11.5 Å². The Balaban J connectivity index is 1.65. The Labute approximate surface area is 142 Å². The third-order valence-corrected chi connectivity index (χ3v) is 3.86. The average Bonchev–Trinajstić information content (AvgIpc) is 2.63. The first-order valence-electron chi connectivity index (χ1n) is 8.10. The SMILES string of the molecule is CCOc1ccc(-c2ccc(NCc3ccccc3O)cc2)cc1. The Kier molecular flexibility index (Phi) is 5.02. The zero-order chi connectivity index (χ0) is 16.8. The maximum atomic E-state index is 9.79. The van der Waals surface area contributed by atoms with Crippen molar-refractivity contribution in [2.24, 2.45) is 0 Å². The Morgan fingerprint density at radius 1 is 0.833 bits per heavy atom. The van der Waals surface area contributed by atoms with Crippen LogP contribution in [0.15, 0.2) is 72.8 Å². The number of benzene rings is 3. The molecule has 0 atom stereocenters. The second-order valence-corrected chi connectivity index (χ2v) is 5.52. The van der Waals surface area contributed by atoms with Gasteiger partial charge in [-0.05, 0) is 48.4 Å². The van der Waals surface area contributed by atoms with E-state index in [4.69, 9.17) is 4.74 Å². The summed E-state index contributed by atoms with van der Waals surface area (Å²) in [7, 11) is 0. The van der Waals surface area contributed by atoms with Crippen molar-refractivity contribution in [3.8, 4) is 22.6 Å². The maximum Gasteiger partial charge on any atom is 0.120 e. The van der Waals surface area contributed by atoms with E-state index in [9.17, 15) is 5.11 Å². The van der Waals surface area contributed by atoms with E-state index in [-0.39, 0.29) is 0 Å². The van der Waals surface area contributed by atoms with Gasteiger partial charge in [0.2, 0.25) is 0 Å². The van der Waals surface area contributed by atoms with Crippen LogP contribution >= 0.6 is 0 Å². The highest BCUT2D eigenvalue weighted by Crippen LogP contribution is 2.24. The first-order valence-corrected chi connectivity index (χ1v) is 8.10. The molecule has 0 aliphatic rings. The van der Waals surface area contributed by atoms with Crippen molar-refractivity contribution in [3.63, 3.8) is 0 Å². The molecule has 122 valence electrons. The molecule has 0 heterocycles. The number of hydrogen-bond donors (Lipinski definition) is 2. The lowest BCUT2D eigenvalue weighted by Gasteiger charge is -2.09. The fourth-order valence-corrected chi connectivity index (χ4v) is 2.55. The van der Waals surface area contributed by atoms with E-state index in [1.807, 2.05) is 49.4 Å². The van der Waals surface area contributed by atoms with Crippen LogP contribution in [0, 0.1) is 0 Å². The number of ether oxygens (including phenoxy) is 1. The largest absolute Gasteiger partial charge is 0.508 e. The van der Waals surface area contributed by atoms with Gasteiger partial charge >= 0.3 is 0 Å². The van der Waals surface area contributed by atoms with E-state index in [1.54, 1.807) is 6.07 Å². The predicted molar refractivity (Wildman–Crippen MR) is 98.5 cm³/mol. The summed E-state index contributed by atoms with van der Waals surface area (Å²) in [5, 5.41) is 13.1. The molecule has 0 bridgehead atoms. The Morgan fingerprint density at radius 2 is 1.46 bits per heavy atom. The Bertz CT molecular complexity index is 780. The molecule has 0 spiro atoms. The number of nitrogens with one attached hydrogen (secondary N) is 1. The summed E-state index contributed by atoms with van der Waals surface area (Å²) in [5.74, 6) is 1.21. The quantitative estimate of drug-likeness (QED) is 0.666. The van der Waals surface area contributed by atoms with Gasteiger partial charge in [-0.15, -0.1) is 0 Å². The van der Waals surface area contributed by atoms with Crippen LogP contribution in [0.3, 0.4) is 0 Å². The average molecular weight is 319 g/mol. The summed E-state index contributed by atoms with van der Waals surface area (Å²) in [6.45, 7) is 3.25. The molecule has 0 radical (unpaired) electrons. The zero-order valence-corrected chi connectivity index (χ0v) is 13.7. The molecule has 0 aliphatic carbocycles. The van der Waals surface area contributed by atoms with Gasteiger partial charge in [0.25, 0.3) is 0 Å². The molecule has 0 unspecified atom stereocenters. The van der Waals surface area contributed by atoms with Crippen molar-refractivity contribution in [1.29, 1.82) is 0 Å². The number of hydrogen-bond acceptors (Lipinski definition) is 3. The van der Waals surface area contributed by atoms with Gasteiger partial charge in [-0.25, -0.2) is 0 Å². The molecular formula is C21H21NO2. The minimum atomic E-state index is 0.316. The van der Waals surface area contributed by atoms with Gasteiger partial charge in [-0.2, -0.15) is 0 Å². The van der Waals surface area contributed by atoms with Crippen molar-refractivity contribution in [3.05, 3.63) is 78.4 Å². The molecule has 3 rings (SSSR count). The lowest BCUT2D eigenvalue weighted by Crippen LogP contribution is -1.99. The minimum Gasteiger partial charge on any atom is -0.508 e. The third-order valence-electron chi connectivity index (χ3n) is 3.86. The van der Waals surface area contributed by atoms with Gasteiger partial charge in [-0.1, -0.05) is 42.5 Å². The Morgan fingerprint density at radius 3 is 2.08 bits per heavy atom. The smallest absolute Gasteiger partial charge is 0.120 e. The van der Waals surface area contributed by atoms with Gasteiger partial charge in [0, 0.05) is 17.8 Å². The van der Waals surface area contributed by atoms with E-state index < -0.39 is 0 Å². The topological polar surface area (TPSA) is 41.5 Å². The summed E-state index contributed by atoms with van der Waals surface area (Å²) in [6, 6.07) is 23.7. The summed E-state index contributed by atoms with van der Waals surface area (Å²) < 4.78 is 5.47. The number of phenols is 1. The normalized spacial score (nSPS) is 10.4. The van der Waals surface area contributed by atoms with Crippen molar-refractivity contribution in [1.82, 2.24) is 0 Å². The highest BCUT2D eigenvalue weighted by molar-refractivity contribution is 5.66. The monoisotopic (exact) mass is 319 g/mol. The molecule has 0 aliphatic heterocycles. The van der Waals surface area contributed by atoms with E-state index in [0.29, 0.717) is 18.9 Å². The van der Waals surface area contributed by atoms with Crippen LogP contribution in [0.25, 0.3) is 11.1 Å². The van der Waals surface area contributed by atoms with E-state index >= 15 is 0 Å². The van der Waals surface area contributed by atoms with Crippen LogP contribution in [-0.4, -0.2) is 11.7 Å². The van der Waals surface area contributed by atoms with Gasteiger partial charge in [0.15, 0.2) is 0 Å². The van der Waals surface area contributed by atoms with Crippen LogP contribution in [-0.2, 0) is 6.54 Å². The van der Waals surface area contributed by atoms with Gasteiger partial charge in [-0.3, -0.25) is 0 Å². The first kappa shape index (κ1) is 15.9. The molecule has 0 amide bonds. The standard InChI is InChI=1S/C21H21NO2/c1-2-24-20-13-9-17(10-14-20)16-7-11-19(12-8-16)22-15-18-5-3-4-6-21(18)23/h3-14,22-23H,2,15H2,1H3. The zero-order valence-electron chi connectivity index (χ0n) is 13.7. The Hall–Kier alpha value is -2.94. The summed E-state index contributed by atoms with van der Waals surface area (Å²) >= 11 is 0. The number of phenolic OH excluding ortho intramolecular Hbond substituents is 1. The van der Waals surface area contributed by atoms with Crippen LogP contribution in [0.4, 0.5) is 5.69 Å². The molecule has 24 heavy (non-hydrogen) atoms. The molecule has 2 N–H and O–H groups in total. The van der Waals surface area contributed by atoms with E-state index in [0.717, 1.165) is 28.1 Å². The lowest BCUT2D eigenvalue weighted by atomic mass is 10.1. The predicted octanol–water partition coefficient (Wildman–Crippen LogP) is 5.07. The second kappa shape index (κ2) is 7.55. The fourth-order valence-electron chi connectivity index (χ4n) is 2.55. The van der Waals surface area contributed by atoms with Gasteiger partial charge < -0.3 is 15.2 Å². The fraction of sp³-hybridized carbons (Fsp3) is 0.143. The maximum absolute atomic E-state index is 9.79. The third kappa shape index (κ3) is 3.87. The van der Waals surface area contributed by atoms with Crippen LogP contribution in [0.5, 0.6) is 11.5 Å². The van der Waals surface area contributed by atoms with Crippen LogP contribution in [0.1, 0.15) is 12.5 Å². The molecule has 0 aromatic heterocycles. The summed E-state index contributed by atoms with van der Waals surface area (Å²) in [6.07, 6.45) is 0. The lowest BCUT2D eigenvalue weighted by molar-refractivity contribution is 0.340. The molecule has 3 aromatic rings. The van der Waals surface area contributed by atoms with Crippen molar-refractivity contribution < 1.29 is 9.84 Å². The number of rotatable bonds is 6. The van der Waals surface area contributed by atoms with Gasteiger partial charge in [0.05, 0.1) is 6.61 Å². The second-order valence-electron chi connectivity index (χ2n) is 5.52. The van der Waals surface area contributed by atoms with E-state index in [2.05, 4.69) is 29.6 Å². The van der Waals surface area contributed by atoms with E-state index in [1.165, 1.54) is 0 Å². The van der Waals surface area contributed by atoms with Crippen molar-refractivity contribution in [2.45, 2.75) is 13.5 Å². The minimum absolute atomic E-state index is 0.316. The molecule has 0 fully saturated rings. The van der Waals surface area contributed by atoms with Crippen molar-refractivity contribution >= 4 is 5.69 Å². The molecule has 3 aromatic carbocycles. The summed E-state index contributed by atoms with van der Waals surface area (Å²) in [4.78, 5) is 0. The molecular weight excluding hydrogens is 298 g/mol. The van der Waals surface area contributed by atoms with Crippen LogP contribution in [0.2, 0.25) is 0 Å². The number of para-hydroxylation sites is 1. The first-order chi connectivity index (χ1) is 11.8. The number of aromatic hydroxyl groups is 1. The molecule has 3 nitrogen and oxygen atoms in total. The van der Waals surface area contributed by atoms with Crippen LogP contribution < -0.4 is 10.1 Å². The molecule has 3 heteroatoms. The molecule has 0 saturated carbocycles.